The van der Waals surface area contributed by atoms with Gasteiger partial charge in [0.1, 0.15) is 0 Å². The minimum absolute atomic E-state index is 0.0424. The van der Waals surface area contributed by atoms with Gasteiger partial charge in [0.2, 0.25) is 0 Å². The molecule has 3 N–H and O–H groups in total. The van der Waals surface area contributed by atoms with Crippen molar-refractivity contribution in [3.63, 3.8) is 0 Å². The van der Waals surface area contributed by atoms with Crippen molar-refractivity contribution >= 4 is 17.6 Å². The van der Waals surface area contributed by atoms with Gasteiger partial charge >= 0.3 is 5.97 Å². The van der Waals surface area contributed by atoms with Gasteiger partial charge < -0.3 is 20.5 Å². The molecule has 0 saturated carbocycles. The number of methoxy groups -OCH3 is 2. The van der Waals surface area contributed by atoms with E-state index >= 15 is 0 Å². The summed E-state index contributed by atoms with van der Waals surface area (Å²) < 4.78 is 9.41. The highest BCUT2D eigenvalue weighted by atomic mass is 16.5. The first kappa shape index (κ1) is 14.0. The lowest BCUT2D eigenvalue weighted by molar-refractivity contribution is -0.144. The number of hydrogen-bond donors (Lipinski definition) is 2. The average Bonchev–Trinajstić information content (AvgIpc) is 2.37. The Morgan fingerprint density at radius 3 is 2.67 bits per heavy atom. The van der Waals surface area contributed by atoms with Crippen LogP contribution < -0.4 is 11.1 Å². The van der Waals surface area contributed by atoms with Gasteiger partial charge in [0.25, 0.3) is 5.91 Å². The molecule has 0 aliphatic heterocycles. The lowest BCUT2D eigenvalue weighted by atomic mass is 10.2. The fourth-order valence-corrected chi connectivity index (χ4v) is 1.40. The number of esters is 1. The molecule has 0 bridgehead atoms. The van der Waals surface area contributed by atoms with Crippen LogP contribution in [-0.4, -0.2) is 38.7 Å². The predicted octanol–water partition coefficient (Wildman–Crippen LogP) is 0.187. The topological polar surface area (TPSA) is 90.6 Å². The summed E-state index contributed by atoms with van der Waals surface area (Å²) in [6.45, 7) is 0.0424. The molecule has 1 amide bonds. The molecule has 18 heavy (non-hydrogen) atoms. The minimum atomic E-state index is -0.839. The summed E-state index contributed by atoms with van der Waals surface area (Å²) in [5.41, 5.74) is 6.43. The molecular weight excluding hydrogens is 236 g/mol. The highest BCUT2D eigenvalue weighted by Gasteiger charge is 2.21. The molecule has 1 rings (SSSR count). The van der Waals surface area contributed by atoms with Gasteiger partial charge in [-0.05, 0) is 18.2 Å². The smallest absolute Gasteiger partial charge is 0.330 e. The molecular formula is C12H16N2O4. The van der Waals surface area contributed by atoms with Crippen LogP contribution in [0.25, 0.3) is 0 Å². The van der Waals surface area contributed by atoms with Crippen molar-refractivity contribution in [3.8, 4) is 0 Å². The van der Waals surface area contributed by atoms with Crippen molar-refractivity contribution in [3.05, 3.63) is 29.8 Å². The van der Waals surface area contributed by atoms with Crippen LogP contribution in [0, 0.1) is 0 Å². The zero-order valence-electron chi connectivity index (χ0n) is 10.3. The Hall–Kier alpha value is -2.08. The summed E-state index contributed by atoms with van der Waals surface area (Å²) in [7, 11) is 2.68. The van der Waals surface area contributed by atoms with Crippen LogP contribution in [0.3, 0.4) is 0 Å². The highest BCUT2D eigenvalue weighted by Crippen LogP contribution is 2.06. The molecule has 6 nitrogen and oxygen atoms in total. The highest BCUT2D eigenvalue weighted by molar-refractivity contribution is 5.97. The molecule has 0 unspecified atom stereocenters. The number of nitrogen functional groups attached to an aromatic ring is 1. The van der Waals surface area contributed by atoms with Crippen molar-refractivity contribution < 1.29 is 19.1 Å². The zero-order valence-corrected chi connectivity index (χ0v) is 10.3. The van der Waals surface area contributed by atoms with E-state index in [2.05, 4.69) is 10.1 Å². The van der Waals surface area contributed by atoms with Gasteiger partial charge in [0, 0.05) is 18.4 Å². The monoisotopic (exact) mass is 252 g/mol. The summed E-state index contributed by atoms with van der Waals surface area (Å²) in [4.78, 5) is 23.3. The number of benzene rings is 1. The van der Waals surface area contributed by atoms with E-state index in [4.69, 9.17) is 10.5 Å². The van der Waals surface area contributed by atoms with Gasteiger partial charge in [-0.1, -0.05) is 6.07 Å². The van der Waals surface area contributed by atoms with Crippen LogP contribution in [0.15, 0.2) is 24.3 Å². The van der Waals surface area contributed by atoms with Crippen LogP contribution >= 0.6 is 0 Å². The molecule has 0 fully saturated rings. The van der Waals surface area contributed by atoms with Gasteiger partial charge in [0.05, 0.1) is 13.7 Å². The zero-order chi connectivity index (χ0) is 13.5. The number of amides is 1. The van der Waals surface area contributed by atoms with Crippen LogP contribution in [0.2, 0.25) is 0 Å². The molecule has 98 valence electrons. The maximum atomic E-state index is 11.9. The van der Waals surface area contributed by atoms with E-state index < -0.39 is 17.9 Å². The number of hydrogen-bond acceptors (Lipinski definition) is 5. The van der Waals surface area contributed by atoms with E-state index in [-0.39, 0.29) is 6.61 Å². The number of anilines is 1. The summed E-state index contributed by atoms with van der Waals surface area (Å²) in [6.07, 6.45) is 0. The molecule has 0 aromatic heterocycles. The Morgan fingerprint density at radius 2 is 2.11 bits per heavy atom. The largest absolute Gasteiger partial charge is 0.467 e. The van der Waals surface area contributed by atoms with E-state index in [9.17, 15) is 9.59 Å². The number of nitrogens with two attached hydrogens (primary N) is 1. The van der Waals surface area contributed by atoms with Crippen molar-refractivity contribution in [1.82, 2.24) is 5.32 Å². The van der Waals surface area contributed by atoms with E-state index in [1.165, 1.54) is 20.3 Å². The lowest BCUT2D eigenvalue weighted by Crippen LogP contribution is -2.44. The molecule has 1 aromatic rings. The minimum Gasteiger partial charge on any atom is -0.467 e. The number of rotatable bonds is 5. The third-order valence-corrected chi connectivity index (χ3v) is 2.27. The first-order valence-electron chi connectivity index (χ1n) is 5.31. The first-order valence-corrected chi connectivity index (χ1v) is 5.31. The van der Waals surface area contributed by atoms with Gasteiger partial charge in [0.15, 0.2) is 6.04 Å². The van der Waals surface area contributed by atoms with Gasteiger partial charge in [-0.25, -0.2) is 4.79 Å². The third-order valence-electron chi connectivity index (χ3n) is 2.27. The SMILES string of the molecule is COC[C@@H](NC(=O)c1cccc(N)c1)C(=O)OC. The van der Waals surface area contributed by atoms with Gasteiger partial charge in [-0.2, -0.15) is 0 Å². The molecule has 6 heteroatoms. The maximum absolute atomic E-state index is 11.9. The normalized spacial score (nSPS) is 11.7. The Labute approximate surface area is 105 Å². The lowest BCUT2D eigenvalue weighted by Gasteiger charge is -2.15. The fourth-order valence-electron chi connectivity index (χ4n) is 1.40. The number of carbonyl (C=O) groups is 2. The molecule has 0 aliphatic carbocycles. The number of nitrogens with one attached hydrogen (secondary N) is 1. The van der Waals surface area contributed by atoms with E-state index in [1.54, 1.807) is 18.2 Å². The van der Waals surface area contributed by atoms with E-state index in [0.29, 0.717) is 11.3 Å². The van der Waals surface area contributed by atoms with Crippen LogP contribution in [0.4, 0.5) is 5.69 Å². The van der Waals surface area contributed by atoms with Gasteiger partial charge in [-0.15, -0.1) is 0 Å². The number of carbonyl (C=O) groups excluding carboxylic acids is 2. The molecule has 1 atom stereocenters. The molecule has 1 aromatic carbocycles. The van der Waals surface area contributed by atoms with Crippen molar-refractivity contribution in [2.45, 2.75) is 6.04 Å². The average molecular weight is 252 g/mol. The second-order valence-electron chi connectivity index (χ2n) is 3.63. The third kappa shape index (κ3) is 3.74. The molecule has 0 radical (unpaired) electrons. The van der Waals surface area contributed by atoms with Crippen molar-refractivity contribution in [1.29, 1.82) is 0 Å². The summed E-state index contributed by atoms with van der Waals surface area (Å²) in [5, 5.41) is 2.52. The predicted molar refractivity (Wildman–Crippen MR) is 66.0 cm³/mol. The Balaban J connectivity index is 2.75. The maximum Gasteiger partial charge on any atom is 0.330 e. The molecule has 0 heterocycles. The van der Waals surface area contributed by atoms with E-state index in [1.807, 2.05) is 0 Å². The second-order valence-corrected chi connectivity index (χ2v) is 3.63. The summed E-state index contributed by atoms with van der Waals surface area (Å²) in [6, 6.07) is 5.62. The Bertz CT molecular complexity index is 434. The molecule has 0 spiro atoms. The van der Waals surface area contributed by atoms with Gasteiger partial charge in [-0.3, -0.25) is 4.79 Å². The van der Waals surface area contributed by atoms with E-state index in [0.717, 1.165) is 0 Å². The molecule has 0 aliphatic rings. The summed E-state index contributed by atoms with van der Waals surface area (Å²) in [5.74, 6) is -0.969. The first-order chi connectivity index (χ1) is 8.58. The van der Waals surface area contributed by atoms with Crippen LogP contribution in [0.1, 0.15) is 10.4 Å². The van der Waals surface area contributed by atoms with Crippen LogP contribution in [0.5, 0.6) is 0 Å². The molecule has 0 saturated heterocycles. The Kier molecular flexibility index (Phi) is 5.13. The van der Waals surface area contributed by atoms with Crippen molar-refractivity contribution in [2.75, 3.05) is 26.6 Å². The van der Waals surface area contributed by atoms with Crippen molar-refractivity contribution in [2.24, 2.45) is 0 Å². The van der Waals surface area contributed by atoms with Crippen LogP contribution in [-0.2, 0) is 14.3 Å². The summed E-state index contributed by atoms with van der Waals surface area (Å²) >= 11 is 0. The second kappa shape index (κ2) is 6.61. The Morgan fingerprint density at radius 1 is 1.39 bits per heavy atom. The number of ether oxygens (including phenoxy) is 2. The standard InChI is InChI=1S/C12H16N2O4/c1-17-7-10(12(16)18-2)14-11(15)8-4-3-5-9(13)6-8/h3-6,10H,7,13H2,1-2H3,(H,14,15)/t10-/m1/s1. The quantitative estimate of drug-likeness (QED) is 0.576. The fraction of sp³-hybridized carbons (Fsp3) is 0.333.